The molecule has 2 aromatic rings. The molecule has 1 N–H and O–H groups in total. The second kappa shape index (κ2) is 10.9. The van der Waals surface area contributed by atoms with Crippen molar-refractivity contribution in [2.45, 2.75) is 56.9 Å². The molecule has 202 valence electrons. The Bertz CT molecular complexity index is 1100. The predicted molar refractivity (Wildman–Crippen MR) is 124 cm³/mol. The Kier molecular flexibility index (Phi) is 8.06. The van der Waals surface area contributed by atoms with Gasteiger partial charge in [-0.25, -0.2) is 0 Å². The third kappa shape index (κ3) is 7.40. The number of ether oxygens (including phenoxy) is 1. The van der Waals surface area contributed by atoms with Crippen molar-refractivity contribution in [3.63, 3.8) is 0 Å². The highest BCUT2D eigenvalue weighted by atomic mass is 19.4. The third-order valence-electron chi connectivity index (χ3n) is 7.09. The van der Waals surface area contributed by atoms with E-state index >= 15 is 0 Å². The van der Waals surface area contributed by atoms with Gasteiger partial charge in [0, 0.05) is 19.0 Å². The largest absolute Gasteiger partial charge is 0.493 e. The minimum absolute atomic E-state index is 0.00390. The van der Waals surface area contributed by atoms with Gasteiger partial charge < -0.3 is 9.84 Å². The highest BCUT2D eigenvalue weighted by Gasteiger charge is 2.38. The molecule has 0 spiro atoms. The number of hydrogen-bond acceptors (Lipinski definition) is 3. The van der Waals surface area contributed by atoms with Crippen LogP contribution in [0.5, 0.6) is 5.75 Å². The van der Waals surface area contributed by atoms with Gasteiger partial charge in [0.25, 0.3) is 0 Å². The summed E-state index contributed by atoms with van der Waals surface area (Å²) in [4.78, 5) is 13.0. The monoisotopic (exact) mass is 529 g/mol. The summed E-state index contributed by atoms with van der Waals surface area (Å²) < 4.78 is 85.8. The fraction of sp³-hybridized carbons (Fsp3) is 0.519. The van der Waals surface area contributed by atoms with Crippen molar-refractivity contribution in [1.82, 2.24) is 4.90 Å². The number of alkyl halides is 6. The number of carboxylic acids is 1. The quantitative estimate of drug-likeness (QED) is 0.356. The normalized spacial score (nSPS) is 20.0. The number of carbonyl (C=O) groups is 1. The van der Waals surface area contributed by atoms with Gasteiger partial charge in [0.05, 0.1) is 24.2 Å². The van der Waals surface area contributed by atoms with Crippen LogP contribution in [0.3, 0.4) is 0 Å². The van der Waals surface area contributed by atoms with Gasteiger partial charge in [-0.3, -0.25) is 9.69 Å². The molecule has 0 amide bonds. The SMILES string of the molecule is O=C(O)C[C@H](c1cccc(OCC2CCCN(Cc3cc(C(F)(F)F)ccc3C(F)(F)F)C2)c1)C1CC1. The van der Waals surface area contributed by atoms with Crippen LogP contribution in [0.4, 0.5) is 26.3 Å². The zero-order valence-electron chi connectivity index (χ0n) is 20.1. The van der Waals surface area contributed by atoms with Gasteiger partial charge in [-0.15, -0.1) is 0 Å². The molecule has 0 bridgehead atoms. The van der Waals surface area contributed by atoms with Gasteiger partial charge >= 0.3 is 18.3 Å². The van der Waals surface area contributed by atoms with Crippen LogP contribution in [-0.4, -0.2) is 35.7 Å². The minimum Gasteiger partial charge on any atom is -0.493 e. The summed E-state index contributed by atoms with van der Waals surface area (Å²) in [6, 6.07) is 8.93. The number of benzene rings is 2. The van der Waals surface area contributed by atoms with Crippen molar-refractivity contribution in [2.75, 3.05) is 19.7 Å². The zero-order chi connectivity index (χ0) is 26.8. The van der Waals surface area contributed by atoms with Crippen LogP contribution >= 0.6 is 0 Å². The van der Waals surface area contributed by atoms with Crippen LogP contribution < -0.4 is 4.74 Å². The third-order valence-corrected chi connectivity index (χ3v) is 7.09. The van der Waals surface area contributed by atoms with E-state index in [9.17, 15) is 36.2 Å². The van der Waals surface area contributed by atoms with E-state index < -0.39 is 29.4 Å². The van der Waals surface area contributed by atoms with Crippen molar-refractivity contribution in [2.24, 2.45) is 11.8 Å². The fourth-order valence-corrected chi connectivity index (χ4v) is 5.14. The highest BCUT2D eigenvalue weighted by molar-refractivity contribution is 5.68. The number of halogens is 6. The Morgan fingerprint density at radius 1 is 1.03 bits per heavy atom. The highest BCUT2D eigenvalue weighted by Crippen LogP contribution is 2.45. The number of aliphatic carboxylic acids is 1. The van der Waals surface area contributed by atoms with Crippen LogP contribution in [0, 0.1) is 11.8 Å². The first-order chi connectivity index (χ1) is 17.4. The molecule has 1 aliphatic carbocycles. The maximum Gasteiger partial charge on any atom is 0.416 e. The van der Waals surface area contributed by atoms with Crippen LogP contribution in [0.2, 0.25) is 0 Å². The molecule has 1 saturated heterocycles. The molecule has 4 rings (SSSR count). The molecule has 2 atom stereocenters. The zero-order valence-corrected chi connectivity index (χ0v) is 20.1. The first-order valence-corrected chi connectivity index (χ1v) is 12.3. The molecular weight excluding hydrogens is 500 g/mol. The number of nitrogens with zero attached hydrogens (tertiary/aromatic N) is 1. The van der Waals surface area contributed by atoms with Gasteiger partial charge in [0.2, 0.25) is 0 Å². The summed E-state index contributed by atoms with van der Waals surface area (Å²) >= 11 is 0. The van der Waals surface area contributed by atoms with Crippen LogP contribution in [0.1, 0.15) is 60.3 Å². The molecule has 2 aromatic carbocycles. The predicted octanol–water partition coefficient (Wildman–Crippen LogP) is 6.98. The number of hydrogen-bond donors (Lipinski definition) is 1. The number of carboxylic acid groups (broad SMARTS) is 1. The van der Waals surface area contributed by atoms with Crippen molar-refractivity contribution in [3.05, 3.63) is 64.7 Å². The lowest BCUT2D eigenvalue weighted by Crippen LogP contribution is -2.37. The van der Waals surface area contributed by atoms with Crippen molar-refractivity contribution >= 4 is 5.97 Å². The lowest BCUT2D eigenvalue weighted by Gasteiger charge is -2.33. The molecular formula is C27H29F6NO3. The maximum absolute atomic E-state index is 13.5. The topological polar surface area (TPSA) is 49.8 Å². The molecule has 0 radical (unpaired) electrons. The summed E-state index contributed by atoms with van der Waals surface area (Å²) in [5.41, 5.74) is -1.63. The Hall–Kier alpha value is -2.75. The second-order valence-electron chi connectivity index (χ2n) is 10.0. The van der Waals surface area contributed by atoms with Crippen LogP contribution in [0.25, 0.3) is 0 Å². The summed E-state index contributed by atoms with van der Waals surface area (Å²) in [6.45, 7) is 0.958. The van der Waals surface area contributed by atoms with Crippen LogP contribution in [-0.2, 0) is 23.7 Å². The van der Waals surface area contributed by atoms with E-state index in [1.165, 1.54) is 0 Å². The average Bonchev–Trinajstić information content (AvgIpc) is 3.66. The van der Waals surface area contributed by atoms with E-state index in [1.807, 2.05) is 18.2 Å². The molecule has 2 fully saturated rings. The lowest BCUT2D eigenvalue weighted by molar-refractivity contribution is -0.142. The first-order valence-electron chi connectivity index (χ1n) is 12.3. The maximum atomic E-state index is 13.5. The molecule has 2 aliphatic rings. The van der Waals surface area contributed by atoms with Crippen molar-refractivity contribution in [1.29, 1.82) is 0 Å². The summed E-state index contributed by atoms with van der Waals surface area (Å²) in [5.74, 6) is 0.0378. The summed E-state index contributed by atoms with van der Waals surface area (Å²) in [7, 11) is 0. The smallest absolute Gasteiger partial charge is 0.416 e. The number of likely N-dealkylation sites (tertiary alicyclic amines) is 1. The Balaban J connectivity index is 1.40. The van der Waals surface area contributed by atoms with Crippen LogP contribution in [0.15, 0.2) is 42.5 Å². The van der Waals surface area contributed by atoms with Crippen molar-refractivity contribution in [3.8, 4) is 5.75 Å². The van der Waals surface area contributed by atoms with E-state index in [-0.39, 0.29) is 30.4 Å². The van der Waals surface area contributed by atoms with E-state index in [1.54, 1.807) is 11.0 Å². The molecule has 1 saturated carbocycles. The van der Waals surface area contributed by atoms with E-state index in [0.29, 0.717) is 56.0 Å². The average molecular weight is 530 g/mol. The van der Waals surface area contributed by atoms with Gasteiger partial charge in [-0.1, -0.05) is 12.1 Å². The molecule has 1 aliphatic heterocycles. The van der Waals surface area contributed by atoms with Gasteiger partial charge in [-0.2, -0.15) is 26.3 Å². The van der Waals surface area contributed by atoms with E-state index in [4.69, 9.17) is 4.74 Å². The Labute approximate surface area is 211 Å². The van der Waals surface area contributed by atoms with E-state index in [0.717, 1.165) is 24.8 Å². The molecule has 1 unspecified atom stereocenters. The van der Waals surface area contributed by atoms with Gasteiger partial charge in [-0.05, 0) is 85.5 Å². The van der Waals surface area contributed by atoms with Gasteiger partial charge in [0.15, 0.2) is 0 Å². The lowest BCUT2D eigenvalue weighted by atomic mass is 9.91. The Morgan fingerprint density at radius 2 is 1.78 bits per heavy atom. The fourth-order valence-electron chi connectivity index (χ4n) is 5.14. The minimum atomic E-state index is -4.75. The second-order valence-corrected chi connectivity index (χ2v) is 10.0. The Morgan fingerprint density at radius 3 is 2.43 bits per heavy atom. The summed E-state index contributed by atoms with van der Waals surface area (Å²) in [6.07, 6.45) is -5.94. The summed E-state index contributed by atoms with van der Waals surface area (Å²) in [5, 5.41) is 9.26. The number of piperidine rings is 1. The molecule has 37 heavy (non-hydrogen) atoms. The number of rotatable bonds is 9. The first kappa shape index (κ1) is 27.3. The van der Waals surface area contributed by atoms with Crippen molar-refractivity contribution < 1.29 is 41.0 Å². The van der Waals surface area contributed by atoms with E-state index in [2.05, 4.69) is 0 Å². The standard InChI is InChI=1S/C27H29F6NO3/c28-26(29,30)21-8-9-24(27(31,32)33)20(11-21)15-34-10-2-3-17(14-34)16-37-22-5-1-4-19(12-22)23(13-25(35)36)18-6-7-18/h1,4-5,8-9,11-12,17-18,23H,2-3,6-7,10,13-16H2,(H,35,36)/t17?,23-/m0/s1. The molecule has 1 heterocycles. The molecule has 10 heteroatoms. The molecule has 4 nitrogen and oxygen atoms in total. The molecule has 0 aromatic heterocycles. The van der Waals surface area contributed by atoms with Gasteiger partial charge in [0.1, 0.15) is 5.75 Å².